The third kappa shape index (κ3) is 1.33. The molecule has 2 heterocycles. The summed E-state index contributed by atoms with van der Waals surface area (Å²) in [6.07, 6.45) is 5.01. The third-order valence-corrected chi connectivity index (χ3v) is 13.1. The molecule has 1 heteroatoms. The second-order valence-electron chi connectivity index (χ2n) is 4.36. The monoisotopic (exact) mass is 210 g/mol. The van der Waals surface area contributed by atoms with Gasteiger partial charge in [-0.2, -0.15) is 0 Å². The van der Waals surface area contributed by atoms with Crippen LogP contribution in [-0.4, -0.2) is 13.3 Å². The van der Waals surface area contributed by atoms with Crippen LogP contribution in [0.1, 0.15) is 13.8 Å². The van der Waals surface area contributed by atoms with Gasteiger partial charge in [-0.1, -0.05) is 0 Å². The first-order chi connectivity index (χ1) is 5.20. The second-order valence-corrected chi connectivity index (χ2v) is 13.9. The molecule has 0 aromatic rings. The van der Waals surface area contributed by atoms with Gasteiger partial charge in [-0.3, -0.25) is 0 Å². The molecule has 0 aliphatic carbocycles. The summed E-state index contributed by atoms with van der Waals surface area (Å²) in [5.41, 5.74) is 3.38. The quantitative estimate of drug-likeness (QED) is 0.423. The molecule has 1 spiro atoms. The van der Waals surface area contributed by atoms with Crippen molar-refractivity contribution < 1.29 is 0 Å². The van der Waals surface area contributed by atoms with E-state index in [4.69, 9.17) is 0 Å². The maximum atomic E-state index is 2.51. The Bertz CT molecular complexity index is 209. The fraction of sp³-hybridized carbons (Fsp3) is 0.600. The zero-order valence-electron chi connectivity index (χ0n) is 7.48. The molecular weight excluding hydrogens is 193 g/mol. The molecular formula is C10H16Ge. The molecule has 11 heavy (non-hydrogen) atoms. The molecule has 0 unspecified atom stereocenters. The van der Waals surface area contributed by atoms with E-state index in [0.717, 1.165) is 0 Å². The van der Waals surface area contributed by atoms with Gasteiger partial charge in [-0.05, 0) is 0 Å². The molecule has 0 atom stereocenters. The maximum absolute atomic E-state index is 2.51. The SMILES string of the molecule is CC1=C[CH2][Ge]2([CH2]C=C(C)[CH2]2)[CH2]1. The molecule has 0 aromatic heterocycles. The molecule has 0 radical (unpaired) electrons. The summed E-state index contributed by atoms with van der Waals surface area (Å²) in [6, 6.07) is 0. The summed E-state index contributed by atoms with van der Waals surface area (Å²) >= 11 is -1.28. The molecule has 2 rings (SSSR count). The molecule has 0 aromatic carbocycles. The topological polar surface area (TPSA) is 0 Å². The summed E-state index contributed by atoms with van der Waals surface area (Å²) in [6.45, 7) is 4.63. The Morgan fingerprint density at radius 3 is 1.73 bits per heavy atom. The Morgan fingerprint density at radius 2 is 1.45 bits per heavy atom. The molecule has 0 N–H and O–H groups in total. The Balaban J connectivity index is 2.08. The van der Waals surface area contributed by atoms with Gasteiger partial charge in [-0.25, -0.2) is 0 Å². The molecule has 60 valence electrons. The van der Waals surface area contributed by atoms with Crippen LogP contribution in [0.15, 0.2) is 23.3 Å². The Morgan fingerprint density at radius 1 is 1.00 bits per heavy atom. The van der Waals surface area contributed by atoms with E-state index in [0.29, 0.717) is 0 Å². The van der Waals surface area contributed by atoms with E-state index < -0.39 is 13.3 Å². The predicted molar refractivity (Wildman–Crippen MR) is 52.5 cm³/mol. The van der Waals surface area contributed by atoms with Crippen LogP contribution in [0, 0.1) is 0 Å². The molecule has 0 bridgehead atoms. The standard InChI is InChI=1S/C10H16Ge/c1-9-3-5-11(7-9)6-4-10(2)8-11/h3-4H,5-8H2,1-2H3. The number of hydrogen-bond acceptors (Lipinski definition) is 0. The van der Waals surface area contributed by atoms with Crippen LogP contribution < -0.4 is 0 Å². The summed E-state index contributed by atoms with van der Waals surface area (Å²) in [4.78, 5) is 0. The Hall–Kier alpha value is 0.0229. The molecule has 0 amide bonds. The van der Waals surface area contributed by atoms with E-state index in [1.807, 2.05) is 0 Å². The van der Waals surface area contributed by atoms with Crippen molar-refractivity contribution in [3.05, 3.63) is 23.3 Å². The van der Waals surface area contributed by atoms with Crippen molar-refractivity contribution in [1.82, 2.24) is 0 Å². The van der Waals surface area contributed by atoms with E-state index in [1.165, 1.54) is 21.0 Å². The number of hydrogen-bond donors (Lipinski definition) is 0. The van der Waals surface area contributed by atoms with Gasteiger partial charge in [0.25, 0.3) is 0 Å². The van der Waals surface area contributed by atoms with Crippen LogP contribution in [0.3, 0.4) is 0 Å². The van der Waals surface area contributed by atoms with Crippen LogP contribution in [0.25, 0.3) is 0 Å². The Kier molecular flexibility index (Phi) is 1.75. The normalized spacial score (nSPS) is 27.5. The van der Waals surface area contributed by atoms with Crippen LogP contribution in [-0.2, 0) is 0 Å². The van der Waals surface area contributed by atoms with Crippen molar-refractivity contribution in [3.63, 3.8) is 0 Å². The fourth-order valence-corrected chi connectivity index (χ4v) is 13.2. The van der Waals surface area contributed by atoms with E-state index in [2.05, 4.69) is 26.0 Å². The first-order valence-corrected chi connectivity index (χ1v) is 10.4. The van der Waals surface area contributed by atoms with Gasteiger partial charge in [0.05, 0.1) is 0 Å². The van der Waals surface area contributed by atoms with Crippen LogP contribution in [0.2, 0.25) is 21.0 Å². The predicted octanol–water partition coefficient (Wildman–Crippen LogP) is 3.36. The molecule has 2 aliphatic rings. The summed E-state index contributed by atoms with van der Waals surface area (Å²) in [5, 5.41) is 6.10. The number of rotatable bonds is 0. The third-order valence-electron chi connectivity index (χ3n) is 3.07. The molecule has 0 nitrogen and oxygen atoms in total. The van der Waals surface area contributed by atoms with Gasteiger partial charge in [0.2, 0.25) is 0 Å². The zero-order chi connectivity index (χ0) is 7.90. The van der Waals surface area contributed by atoms with Gasteiger partial charge < -0.3 is 0 Å². The fourth-order valence-electron chi connectivity index (χ4n) is 2.54. The first kappa shape index (κ1) is 7.66. The van der Waals surface area contributed by atoms with Crippen LogP contribution in [0.4, 0.5) is 0 Å². The van der Waals surface area contributed by atoms with E-state index in [-0.39, 0.29) is 0 Å². The van der Waals surface area contributed by atoms with Crippen LogP contribution in [0.5, 0.6) is 0 Å². The summed E-state index contributed by atoms with van der Waals surface area (Å²) in [7, 11) is 0. The first-order valence-electron chi connectivity index (χ1n) is 4.52. The van der Waals surface area contributed by atoms with E-state index >= 15 is 0 Å². The molecule has 0 saturated heterocycles. The minimum absolute atomic E-state index is 1.28. The van der Waals surface area contributed by atoms with Gasteiger partial charge in [0, 0.05) is 0 Å². The summed E-state index contributed by atoms with van der Waals surface area (Å²) in [5.74, 6) is 0. The van der Waals surface area contributed by atoms with Crippen LogP contribution >= 0.6 is 0 Å². The van der Waals surface area contributed by atoms with Gasteiger partial charge in [0.1, 0.15) is 0 Å². The number of allylic oxidation sites excluding steroid dienone is 4. The van der Waals surface area contributed by atoms with Gasteiger partial charge >= 0.3 is 71.4 Å². The average molecular weight is 209 g/mol. The van der Waals surface area contributed by atoms with Crippen molar-refractivity contribution in [1.29, 1.82) is 0 Å². The van der Waals surface area contributed by atoms with Crippen molar-refractivity contribution in [2.24, 2.45) is 0 Å². The van der Waals surface area contributed by atoms with Crippen molar-refractivity contribution in [2.75, 3.05) is 0 Å². The molecule has 2 aliphatic heterocycles. The minimum atomic E-state index is -1.28. The average Bonchev–Trinajstić information content (AvgIpc) is 2.44. The summed E-state index contributed by atoms with van der Waals surface area (Å²) < 4.78 is 0. The Labute approximate surface area is 71.7 Å². The van der Waals surface area contributed by atoms with Gasteiger partial charge in [0.15, 0.2) is 0 Å². The van der Waals surface area contributed by atoms with E-state index in [1.54, 1.807) is 11.1 Å². The zero-order valence-corrected chi connectivity index (χ0v) is 9.58. The van der Waals surface area contributed by atoms with Crippen molar-refractivity contribution in [3.8, 4) is 0 Å². The van der Waals surface area contributed by atoms with E-state index in [9.17, 15) is 0 Å². The second kappa shape index (κ2) is 2.51. The van der Waals surface area contributed by atoms with Crippen molar-refractivity contribution >= 4 is 13.3 Å². The van der Waals surface area contributed by atoms with Gasteiger partial charge in [-0.15, -0.1) is 0 Å². The molecule has 0 fully saturated rings. The molecule has 0 saturated carbocycles. The van der Waals surface area contributed by atoms with Crippen molar-refractivity contribution in [2.45, 2.75) is 34.9 Å².